The minimum atomic E-state index is -3.45. The van der Waals surface area contributed by atoms with Gasteiger partial charge in [-0.15, -0.1) is 0 Å². The van der Waals surface area contributed by atoms with Crippen LogP contribution in [0.25, 0.3) is 0 Å². The number of aryl methyl sites for hydroxylation is 1. The van der Waals surface area contributed by atoms with Gasteiger partial charge in [0.15, 0.2) is 0 Å². The summed E-state index contributed by atoms with van der Waals surface area (Å²) in [5, 5.41) is 9.60. The third-order valence-corrected chi connectivity index (χ3v) is 5.49. The zero-order chi connectivity index (χ0) is 19.0. The number of rotatable bonds is 5. The van der Waals surface area contributed by atoms with E-state index < -0.39 is 21.4 Å². The maximum absolute atomic E-state index is 12.8. The first-order chi connectivity index (χ1) is 11.5. The Morgan fingerprint density at radius 1 is 1.32 bits per heavy atom. The summed E-state index contributed by atoms with van der Waals surface area (Å²) in [6, 6.07) is 4.79. The molecule has 1 saturated heterocycles. The predicted molar refractivity (Wildman–Crippen MR) is 95.1 cm³/mol. The van der Waals surface area contributed by atoms with Crippen LogP contribution < -0.4 is 4.72 Å². The average molecular weight is 368 g/mol. The maximum Gasteiger partial charge on any atom is 0.311 e. The van der Waals surface area contributed by atoms with E-state index in [-0.39, 0.29) is 18.4 Å². The average Bonchev–Trinajstić information content (AvgIpc) is 2.94. The van der Waals surface area contributed by atoms with Gasteiger partial charge < -0.3 is 10.0 Å². The molecule has 1 aromatic carbocycles. The van der Waals surface area contributed by atoms with Crippen molar-refractivity contribution in [1.29, 1.82) is 0 Å². The number of nitrogens with zero attached hydrogens (tertiary/aromatic N) is 1. The van der Waals surface area contributed by atoms with Crippen molar-refractivity contribution < 1.29 is 23.1 Å². The van der Waals surface area contributed by atoms with Crippen LogP contribution in [0.3, 0.4) is 0 Å². The van der Waals surface area contributed by atoms with Gasteiger partial charge in [-0.3, -0.25) is 14.3 Å². The molecule has 25 heavy (non-hydrogen) atoms. The molecule has 1 aliphatic heterocycles. The molecule has 1 amide bonds. The minimum Gasteiger partial charge on any atom is -0.481 e. The van der Waals surface area contributed by atoms with Gasteiger partial charge in [-0.05, 0) is 37.0 Å². The number of nitrogens with one attached hydrogen (secondary N) is 1. The van der Waals surface area contributed by atoms with Gasteiger partial charge >= 0.3 is 5.97 Å². The molecule has 1 aromatic rings. The van der Waals surface area contributed by atoms with Crippen LogP contribution >= 0.6 is 0 Å². The van der Waals surface area contributed by atoms with E-state index in [1.54, 1.807) is 19.1 Å². The van der Waals surface area contributed by atoms with Crippen molar-refractivity contribution >= 4 is 27.6 Å². The van der Waals surface area contributed by atoms with Crippen LogP contribution in [0.2, 0.25) is 0 Å². The second-order valence-electron chi connectivity index (χ2n) is 7.00. The van der Waals surface area contributed by atoms with E-state index in [2.05, 4.69) is 4.72 Å². The number of carbonyl (C=O) groups is 2. The van der Waals surface area contributed by atoms with Crippen molar-refractivity contribution in [2.24, 2.45) is 11.3 Å². The van der Waals surface area contributed by atoms with E-state index in [1.165, 1.54) is 11.0 Å². The second kappa shape index (κ2) is 6.67. The zero-order valence-corrected chi connectivity index (χ0v) is 15.7. The van der Waals surface area contributed by atoms with Gasteiger partial charge in [0.2, 0.25) is 10.0 Å². The number of benzene rings is 1. The fraction of sp³-hybridized carbons (Fsp3) is 0.529. The number of carbonyl (C=O) groups excluding carboxylic acids is 1. The first-order valence-electron chi connectivity index (χ1n) is 8.07. The smallest absolute Gasteiger partial charge is 0.311 e. The highest BCUT2D eigenvalue weighted by molar-refractivity contribution is 7.92. The first kappa shape index (κ1) is 19.2. The monoisotopic (exact) mass is 368 g/mol. The standard InChI is InChI=1S/C17H24N2O5S/c1-11(2)17(16(21)22)7-8-19(10-17)15(20)13-6-5-12(3)14(9-13)18-25(4,23)24/h5-6,9,11,18H,7-8,10H2,1-4H3,(H,21,22). The Balaban J connectivity index is 2.27. The van der Waals surface area contributed by atoms with Crippen LogP contribution in [0.5, 0.6) is 0 Å². The SMILES string of the molecule is Cc1ccc(C(=O)N2CCC(C(=O)O)(C(C)C)C2)cc1NS(C)(=O)=O. The highest BCUT2D eigenvalue weighted by Crippen LogP contribution is 2.38. The molecule has 1 fully saturated rings. The predicted octanol–water partition coefficient (Wildman–Crippen LogP) is 1.94. The molecule has 1 heterocycles. The Morgan fingerprint density at radius 2 is 1.96 bits per heavy atom. The lowest BCUT2D eigenvalue weighted by atomic mass is 9.76. The van der Waals surface area contributed by atoms with Crippen molar-refractivity contribution in [1.82, 2.24) is 4.90 Å². The number of likely N-dealkylation sites (tertiary alicyclic amines) is 1. The Labute approximate surface area is 148 Å². The molecule has 0 saturated carbocycles. The molecule has 8 heteroatoms. The summed E-state index contributed by atoms with van der Waals surface area (Å²) >= 11 is 0. The number of hydrogen-bond donors (Lipinski definition) is 2. The topological polar surface area (TPSA) is 104 Å². The van der Waals surface area contributed by atoms with Crippen molar-refractivity contribution in [2.45, 2.75) is 27.2 Å². The normalized spacial score (nSPS) is 20.8. The number of carboxylic acid groups (broad SMARTS) is 1. The highest BCUT2D eigenvalue weighted by atomic mass is 32.2. The van der Waals surface area contributed by atoms with Crippen molar-refractivity contribution in [3.05, 3.63) is 29.3 Å². The lowest BCUT2D eigenvalue weighted by molar-refractivity contribution is -0.150. The van der Waals surface area contributed by atoms with E-state index in [1.807, 2.05) is 13.8 Å². The fourth-order valence-electron chi connectivity index (χ4n) is 3.15. The summed E-state index contributed by atoms with van der Waals surface area (Å²) in [7, 11) is -3.45. The van der Waals surface area contributed by atoms with E-state index >= 15 is 0 Å². The Morgan fingerprint density at radius 3 is 2.44 bits per heavy atom. The van der Waals surface area contributed by atoms with Crippen molar-refractivity contribution in [2.75, 3.05) is 24.1 Å². The van der Waals surface area contributed by atoms with Gasteiger partial charge in [0.1, 0.15) is 0 Å². The number of carboxylic acids is 1. The lowest BCUT2D eigenvalue weighted by Gasteiger charge is -2.28. The Bertz CT molecular complexity index is 803. The molecule has 7 nitrogen and oxygen atoms in total. The molecule has 0 spiro atoms. The van der Waals surface area contributed by atoms with Crippen LogP contribution in [0.4, 0.5) is 5.69 Å². The Kier molecular flexibility index (Phi) is 5.13. The van der Waals surface area contributed by atoms with Crippen molar-refractivity contribution in [3.8, 4) is 0 Å². The molecule has 138 valence electrons. The maximum atomic E-state index is 12.8. The summed E-state index contributed by atoms with van der Waals surface area (Å²) in [5.74, 6) is -1.27. The number of amides is 1. The second-order valence-corrected chi connectivity index (χ2v) is 8.75. The van der Waals surface area contributed by atoms with E-state index in [4.69, 9.17) is 0 Å². The third kappa shape index (κ3) is 3.95. The van der Waals surface area contributed by atoms with E-state index in [9.17, 15) is 23.1 Å². The van der Waals surface area contributed by atoms with Gasteiger partial charge in [0, 0.05) is 18.7 Å². The molecule has 2 N–H and O–H groups in total. The van der Waals surface area contributed by atoms with Gasteiger partial charge in [-0.2, -0.15) is 0 Å². The summed E-state index contributed by atoms with van der Waals surface area (Å²) in [5.41, 5.74) is 0.446. The van der Waals surface area contributed by atoms with Gasteiger partial charge in [-0.25, -0.2) is 8.42 Å². The minimum absolute atomic E-state index is 0.0942. The molecule has 0 bridgehead atoms. The molecule has 0 aromatic heterocycles. The molecule has 1 atom stereocenters. The molecule has 0 aliphatic carbocycles. The van der Waals surface area contributed by atoms with Crippen LogP contribution in [-0.4, -0.2) is 49.6 Å². The summed E-state index contributed by atoms with van der Waals surface area (Å²) in [6.07, 6.45) is 1.46. The number of sulfonamides is 1. The number of hydrogen-bond acceptors (Lipinski definition) is 4. The third-order valence-electron chi connectivity index (χ3n) is 4.90. The van der Waals surface area contributed by atoms with Crippen LogP contribution in [0, 0.1) is 18.3 Å². The molecular weight excluding hydrogens is 344 g/mol. The molecule has 2 rings (SSSR count). The lowest BCUT2D eigenvalue weighted by Crippen LogP contribution is -2.40. The first-order valence-corrected chi connectivity index (χ1v) is 9.96. The summed E-state index contributed by atoms with van der Waals surface area (Å²) in [6.45, 7) is 5.96. The van der Waals surface area contributed by atoms with Gasteiger partial charge in [0.05, 0.1) is 17.4 Å². The number of anilines is 1. The van der Waals surface area contributed by atoms with Crippen LogP contribution in [-0.2, 0) is 14.8 Å². The Hall–Kier alpha value is -2.09. The summed E-state index contributed by atoms with van der Waals surface area (Å²) < 4.78 is 25.3. The number of aliphatic carboxylic acids is 1. The molecule has 0 radical (unpaired) electrons. The van der Waals surface area contributed by atoms with Gasteiger partial charge in [0.25, 0.3) is 5.91 Å². The van der Waals surface area contributed by atoms with E-state index in [0.717, 1.165) is 6.26 Å². The van der Waals surface area contributed by atoms with E-state index in [0.29, 0.717) is 29.8 Å². The van der Waals surface area contributed by atoms with Gasteiger partial charge in [-0.1, -0.05) is 19.9 Å². The fourth-order valence-corrected chi connectivity index (χ4v) is 3.77. The largest absolute Gasteiger partial charge is 0.481 e. The molecule has 1 aliphatic rings. The van der Waals surface area contributed by atoms with Crippen LogP contribution in [0.15, 0.2) is 18.2 Å². The quantitative estimate of drug-likeness (QED) is 0.826. The molecule has 1 unspecified atom stereocenters. The highest BCUT2D eigenvalue weighted by Gasteiger charge is 2.48. The summed E-state index contributed by atoms with van der Waals surface area (Å²) in [4.78, 5) is 26.0. The zero-order valence-electron chi connectivity index (χ0n) is 14.9. The van der Waals surface area contributed by atoms with Crippen LogP contribution in [0.1, 0.15) is 36.2 Å². The molecular formula is C17H24N2O5S. The van der Waals surface area contributed by atoms with Crippen molar-refractivity contribution in [3.63, 3.8) is 0 Å².